The lowest BCUT2D eigenvalue weighted by Gasteiger charge is -2.05. The number of nitrogens with zero attached hydrogens (tertiary/aromatic N) is 3. The molecule has 28 heavy (non-hydrogen) atoms. The molecule has 8 nitrogen and oxygen atoms in total. The molecule has 0 fully saturated rings. The third-order valence-electron chi connectivity index (χ3n) is 4.00. The number of ether oxygens (including phenoxy) is 2. The molecule has 1 aromatic heterocycles. The van der Waals surface area contributed by atoms with Gasteiger partial charge in [-0.3, -0.25) is 14.9 Å². The van der Waals surface area contributed by atoms with Gasteiger partial charge in [0.15, 0.2) is 11.4 Å². The Kier molecular flexibility index (Phi) is 6.17. The maximum absolute atomic E-state index is 12.3. The van der Waals surface area contributed by atoms with E-state index in [2.05, 4.69) is 4.99 Å². The van der Waals surface area contributed by atoms with Crippen LogP contribution in [0.1, 0.15) is 5.56 Å². The van der Waals surface area contributed by atoms with Gasteiger partial charge >= 0.3 is 0 Å². The number of benzene rings is 2. The molecule has 0 saturated heterocycles. The van der Waals surface area contributed by atoms with Gasteiger partial charge in [0.05, 0.1) is 21.7 Å². The highest BCUT2D eigenvalue weighted by molar-refractivity contribution is 7.16. The Balaban J connectivity index is 1.89. The van der Waals surface area contributed by atoms with E-state index in [9.17, 15) is 14.9 Å². The van der Waals surface area contributed by atoms with Gasteiger partial charge < -0.3 is 14.0 Å². The molecular weight excluding hydrogens is 382 g/mol. The van der Waals surface area contributed by atoms with Crippen molar-refractivity contribution >= 4 is 33.1 Å². The molecule has 1 amide bonds. The van der Waals surface area contributed by atoms with Crippen LogP contribution < -0.4 is 9.54 Å². The van der Waals surface area contributed by atoms with Crippen molar-refractivity contribution in [2.24, 2.45) is 4.99 Å². The minimum atomic E-state index is -0.448. The highest BCUT2D eigenvalue weighted by Crippen LogP contribution is 2.23. The largest absolute Gasteiger partial charge is 0.484 e. The average molecular weight is 401 g/mol. The molecule has 0 aliphatic carbocycles. The summed E-state index contributed by atoms with van der Waals surface area (Å²) < 4.78 is 13.1. The smallest absolute Gasteiger partial charge is 0.286 e. The number of nitro groups is 1. The van der Waals surface area contributed by atoms with E-state index in [0.29, 0.717) is 28.4 Å². The second kappa shape index (κ2) is 8.77. The Bertz CT molecular complexity index is 1070. The number of carbonyl (C=O) groups excluding carboxylic acids is 1. The molecule has 0 atom stereocenters. The number of amides is 1. The van der Waals surface area contributed by atoms with E-state index in [4.69, 9.17) is 9.47 Å². The lowest BCUT2D eigenvalue weighted by molar-refractivity contribution is -0.384. The van der Waals surface area contributed by atoms with Gasteiger partial charge in [0.1, 0.15) is 5.75 Å². The van der Waals surface area contributed by atoms with E-state index in [0.717, 1.165) is 11.1 Å². The predicted molar refractivity (Wildman–Crippen MR) is 106 cm³/mol. The molecular formula is C19H19N3O5S. The number of carbonyl (C=O) groups is 1. The predicted octanol–water partition coefficient (Wildman–Crippen LogP) is 3.07. The molecule has 0 spiro atoms. The van der Waals surface area contributed by atoms with Crippen molar-refractivity contribution in [3.05, 3.63) is 62.9 Å². The summed E-state index contributed by atoms with van der Waals surface area (Å²) in [7, 11) is 1.58. The molecule has 0 aliphatic heterocycles. The molecule has 0 aliphatic rings. The first-order valence-corrected chi connectivity index (χ1v) is 9.33. The van der Waals surface area contributed by atoms with E-state index < -0.39 is 10.8 Å². The number of aryl methyl sites for hydroxylation is 1. The molecule has 1 heterocycles. The molecule has 3 aromatic rings. The third-order valence-corrected chi connectivity index (χ3v) is 5.04. The van der Waals surface area contributed by atoms with Crippen molar-refractivity contribution in [3.8, 4) is 5.75 Å². The fraction of sp³-hybridized carbons (Fsp3) is 0.263. The van der Waals surface area contributed by atoms with Crippen LogP contribution in [0.5, 0.6) is 5.75 Å². The SMILES string of the molecule is COCCn1c(=NC(=O)COc2ccc(C)cc2)sc2cc([N+](=O)[O-])ccc21. The summed E-state index contributed by atoms with van der Waals surface area (Å²) in [5.74, 6) is 0.154. The Morgan fingerprint density at radius 3 is 2.68 bits per heavy atom. The van der Waals surface area contributed by atoms with Crippen LogP contribution in [-0.2, 0) is 16.1 Å². The van der Waals surface area contributed by atoms with Crippen molar-refractivity contribution in [3.63, 3.8) is 0 Å². The summed E-state index contributed by atoms with van der Waals surface area (Å²) in [6.45, 7) is 2.67. The number of aromatic nitrogens is 1. The van der Waals surface area contributed by atoms with Crippen LogP contribution in [0.15, 0.2) is 47.5 Å². The number of methoxy groups -OCH3 is 1. The van der Waals surface area contributed by atoms with Gasteiger partial charge in [0, 0.05) is 25.8 Å². The van der Waals surface area contributed by atoms with Gasteiger partial charge in [-0.25, -0.2) is 0 Å². The van der Waals surface area contributed by atoms with E-state index in [-0.39, 0.29) is 12.3 Å². The molecule has 9 heteroatoms. The summed E-state index contributed by atoms with van der Waals surface area (Å²) in [5.41, 5.74) is 1.86. The number of hydrogen-bond donors (Lipinski definition) is 0. The lowest BCUT2D eigenvalue weighted by Crippen LogP contribution is -2.21. The highest BCUT2D eigenvalue weighted by Gasteiger charge is 2.13. The van der Waals surface area contributed by atoms with Crippen molar-refractivity contribution in [2.75, 3.05) is 20.3 Å². The molecule has 0 unspecified atom stereocenters. The molecule has 0 bridgehead atoms. The second-order valence-electron chi connectivity index (χ2n) is 6.05. The van der Waals surface area contributed by atoms with Gasteiger partial charge in [-0.15, -0.1) is 0 Å². The second-order valence-corrected chi connectivity index (χ2v) is 7.05. The fourth-order valence-corrected chi connectivity index (χ4v) is 3.68. The molecule has 0 saturated carbocycles. The number of non-ortho nitro benzene ring substituents is 1. The third kappa shape index (κ3) is 4.62. The maximum atomic E-state index is 12.3. The zero-order valence-electron chi connectivity index (χ0n) is 15.5. The zero-order valence-corrected chi connectivity index (χ0v) is 16.3. The van der Waals surface area contributed by atoms with Crippen LogP contribution in [0, 0.1) is 17.0 Å². The molecule has 0 radical (unpaired) electrons. The minimum absolute atomic E-state index is 0.00628. The van der Waals surface area contributed by atoms with Crippen LogP contribution in [-0.4, -0.2) is 35.7 Å². The summed E-state index contributed by atoms with van der Waals surface area (Å²) in [4.78, 5) is 27.5. The first-order valence-electron chi connectivity index (χ1n) is 8.51. The Hall–Kier alpha value is -3.04. The van der Waals surface area contributed by atoms with E-state index in [1.54, 1.807) is 25.3 Å². The Morgan fingerprint density at radius 2 is 2.00 bits per heavy atom. The van der Waals surface area contributed by atoms with Gasteiger partial charge in [-0.05, 0) is 25.1 Å². The van der Waals surface area contributed by atoms with Crippen LogP contribution in [0.25, 0.3) is 10.2 Å². The standard InChI is InChI=1S/C19H19N3O5S/c1-13-3-6-15(7-4-13)27-12-18(23)20-19-21(9-10-26-2)16-8-5-14(22(24)25)11-17(16)28-19/h3-8,11H,9-10,12H2,1-2H3. The van der Waals surface area contributed by atoms with Crippen molar-refractivity contribution in [1.29, 1.82) is 0 Å². The van der Waals surface area contributed by atoms with Crippen LogP contribution in [0.2, 0.25) is 0 Å². The summed E-state index contributed by atoms with van der Waals surface area (Å²) in [6.07, 6.45) is 0. The van der Waals surface area contributed by atoms with Crippen molar-refractivity contribution in [2.45, 2.75) is 13.5 Å². The molecule has 3 rings (SSSR count). The van der Waals surface area contributed by atoms with Gasteiger partial charge in [-0.1, -0.05) is 29.0 Å². The van der Waals surface area contributed by atoms with Gasteiger partial charge in [-0.2, -0.15) is 4.99 Å². The van der Waals surface area contributed by atoms with E-state index in [1.165, 1.54) is 23.5 Å². The summed E-state index contributed by atoms with van der Waals surface area (Å²) in [6, 6.07) is 12.0. The van der Waals surface area contributed by atoms with Crippen LogP contribution >= 0.6 is 11.3 Å². The maximum Gasteiger partial charge on any atom is 0.286 e. The number of hydrogen-bond acceptors (Lipinski definition) is 6. The van der Waals surface area contributed by atoms with Crippen LogP contribution in [0.3, 0.4) is 0 Å². The number of fused-ring (bicyclic) bond motifs is 1. The molecule has 0 N–H and O–H groups in total. The topological polar surface area (TPSA) is 96.0 Å². The number of thiazole rings is 1. The first-order chi connectivity index (χ1) is 13.5. The van der Waals surface area contributed by atoms with Crippen LogP contribution in [0.4, 0.5) is 5.69 Å². The van der Waals surface area contributed by atoms with E-state index in [1.807, 2.05) is 23.6 Å². The lowest BCUT2D eigenvalue weighted by atomic mass is 10.2. The highest BCUT2D eigenvalue weighted by atomic mass is 32.1. The van der Waals surface area contributed by atoms with E-state index >= 15 is 0 Å². The van der Waals surface area contributed by atoms with Crippen molar-refractivity contribution in [1.82, 2.24) is 4.57 Å². The van der Waals surface area contributed by atoms with Gasteiger partial charge in [0.2, 0.25) is 0 Å². The zero-order chi connectivity index (χ0) is 20.1. The fourth-order valence-electron chi connectivity index (χ4n) is 2.58. The Morgan fingerprint density at radius 1 is 1.25 bits per heavy atom. The minimum Gasteiger partial charge on any atom is -0.484 e. The summed E-state index contributed by atoms with van der Waals surface area (Å²) >= 11 is 1.22. The van der Waals surface area contributed by atoms with Gasteiger partial charge in [0.25, 0.3) is 11.6 Å². The monoisotopic (exact) mass is 401 g/mol. The Labute approximate surface area is 164 Å². The molecule has 2 aromatic carbocycles. The quantitative estimate of drug-likeness (QED) is 0.448. The number of nitro benzene ring substituents is 1. The normalized spacial score (nSPS) is 11.7. The number of rotatable bonds is 7. The summed E-state index contributed by atoms with van der Waals surface area (Å²) in [5, 5.41) is 11.0. The van der Waals surface area contributed by atoms with Crippen molar-refractivity contribution < 1.29 is 19.2 Å². The first kappa shape index (κ1) is 19.7. The average Bonchev–Trinajstić information content (AvgIpc) is 3.01. The molecule has 146 valence electrons.